The van der Waals surface area contributed by atoms with Gasteiger partial charge in [0.15, 0.2) is 0 Å². The number of aliphatic hydroxyl groups excluding tert-OH is 1. The largest absolute Gasteiger partial charge is 0.497 e. The van der Waals surface area contributed by atoms with Gasteiger partial charge < -0.3 is 19.3 Å². The fourth-order valence-electron chi connectivity index (χ4n) is 6.15. The Morgan fingerprint density at radius 3 is 2.49 bits per heavy atom. The van der Waals surface area contributed by atoms with Crippen molar-refractivity contribution >= 4 is 26.8 Å². The summed E-state index contributed by atoms with van der Waals surface area (Å²) < 4.78 is 37.0. The van der Waals surface area contributed by atoms with Crippen LogP contribution in [0.2, 0.25) is 0 Å². The number of nitrogens with zero attached hydrogens (tertiary/aromatic N) is 4. The van der Waals surface area contributed by atoms with E-state index in [0.717, 1.165) is 27.7 Å². The second kappa shape index (κ2) is 9.18. The number of amides is 1. The summed E-state index contributed by atoms with van der Waals surface area (Å²) in [5.41, 5.74) is 3.23. The van der Waals surface area contributed by atoms with E-state index in [0.29, 0.717) is 24.5 Å². The third kappa shape index (κ3) is 3.85. The van der Waals surface area contributed by atoms with Crippen molar-refractivity contribution in [2.24, 2.45) is 7.05 Å². The molecular weight excluding hydrogens is 516 g/mol. The number of ether oxygens (including phenoxy) is 1. The molecule has 202 valence electrons. The van der Waals surface area contributed by atoms with Crippen molar-refractivity contribution in [3.05, 3.63) is 89.4 Å². The molecule has 6 rings (SSSR count). The van der Waals surface area contributed by atoms with Crippen LogP contribution in [0.15, 0.2) is 71.8 Å². The zero-order chi connectivity index (χ0) is 27.5. The van der Waals surface area contributed by atoms with Crippen LogP contribution in [-0.2, 0) is 22.5 Å². The number of sulfonamides is 1. The molecule has 0 bridgehead atoms. The second-order valence-electron chi connectivity index (χ2n) is 10.4. The van der Waals surface area contributed by atoms with Gasteiger partial charge in [-0.25, -0.2) is 8.42 Å². The number of benzene rings is 2. The first kappa shape index (κ1) is 25.5. The molecule has 0 saturated carbocycles. The molecule has 1 fully saturated rings. The summed E-state index contributed by atoms with van der Waals surface area (Å²) in [7, 11) is -0.482. The molecule has 2 aromatic heterocycles. The van der Waals surface area contributed by atoms with E-state index in [1.54, 1.807) is 60.7 Å². The molecule has 2 aromatic carbocycles. The molecule has 1 spiro atoms. The van der Waals surface area contributed by atoms with Gasteiger partial charge in [-0.3, -0.25) is 9.78 Å². The number of aliphatic hydroxyl groups is 1. The van der Waals surface area contributed by atoms with E-state index in [-0.39, 0.29) is 24.0 Å². The lowest BCUT2D eigenvalue weighted by atomic mass is 9.69. The summed E-state index contributed by atoms with van der Waals surface area (Å²) in [5, 5.41) is 11.6. The Labute approximate surface area is 227 Å². The molecule has 0 radical (unpaired) electrons. The maximum atomic E-state index is 14.1. The lowest BCUT2D eigenvalue weighted by Crippen LogP contribution is -2.68. The van der Waals surface area contributed by atoms with E-state index in [1.807, 2.05) is 36.7 Å². The number of rotatable bonds is 5. The van der Waals surface area contributed by atoms with Crippen molar-refractivity contribution in [1.82, 2.24) is 18.8 Å². The molecule has 2 aliphatic heterocycles. The summed E-state index contributed by atoms with van der Waals surface area (Å²) in [6.07, 6.45) is 1.58. The molecule has 10 heteroatoms. The molecule has 1 amide bonds. The summed E-state index contributed by atoms with van der Waals surface area (Å²) in [5.74, 6) is 0.488. The van der Waals surface area contributed by atoms with Crippen LogP contribution < -0.4 is 4.74 Å². The molecular formula is C29H30N4O5S. The number of aryl methyl sites for hydroxylation is 2. The Hall–Kier alpha value is -3.73. The van der Waals surface area contributed by atoms with Gasteiger partial charge >= 0.3 is 0 Å². The third-order valence-corrected chi connectivity index (χ3v) is 9.93. The first-order chi connectivity index (χ1) is 18.7. The quantitative estimate of drug-likeness (QED) is 0.413. The van der Waals surface area contributed by atoms with Crippen LogP contribution in [0, 0.1) is 6.92 Å². The Balaban J connectivity index is 1.51. The van der Waals surface area contributed by atoms with Crippen LogP contribution in [0.1, 0.15) is 33.4 Å². The number of methoxy groups -OCH3 is 1. The van der Waals surface area contributed by atoms with Crippen molar-refractivity contribution in [1.29, 1.82) is 0 Å². The van der Waals surface area contributed by atoms with Crippen LogP contribution in [-0.4, -0.2) is 71.5 Å². The highest BCUT2D eigenvalue weighted by Gasteiger charge is 2.57. The first-order valence-electron chi connectivity index (χ1n) is 12.8. The number of aromatic nitrogens is 2. The van der Waals surface area contributed by atoms with Gasteiger partial charge in [-0.2, -0.15) is 4.31 Å². The first-order valence-corrected chi connectivity index (χ1v) is 14.2. The average molecular weight is 547 g/mol. The highest BCUT2D eigenvalue weighted by atomic mass is 32.2. The summed E-state index contributed by atoms with van der Waals surface area (Å²) >= 11 is 0. The predicted molar refractivity (Wildman–Crippen MR) is 146 cm³/mol. The van der Waals surface area contributed by atoms with Crippen LogP contribution >= 0.6 is 0 Å². The van der Waals surface area contributed by atoms with Crippen LogP contribution in [0.25, 0.3) is 10.9 Å². The Morgan fingerprint density at radius 2 is 1.85 bits per heavy atom. The molecule has 1 atom stereocenters. The SMILES string of the molecule is COc1ccc2c3c(n(C)c2c1)[C@H](CO)N(S(=O)(=O)c1ccc(C)cc1)CC31CN(C(=O)c2ccccn2)C1. The molecule has 0 unspecified atom stereocenters. The molecule has 39 heavy (non-hydrogen) atoms. The number of hydrogen-bond acceptors (Lipinski definition) is 6. The van der Waals surface area contributed by atoms with Gasteiger partial charge in [0, 0.05) is 55.4 Å². The smallest absolute Gasteiger partial charge is 0.272 e. The standard InChI is InChI=1S/C29H30N4O5S/c1-19-7-10-21(11-8-19)39(36,37)33-18-29(16-32(17-29)28(35)23-6-4-5-13-30-23)26-22-12-9-20(38-3)14-24(22)31(2)27(26)25(33)15-34/h4-14,25,34H,15-18H2,1-3H3/t25-/m0/s1. The Bertz CT molecular complexity index is 1680. The third-order valence-electron chi connectivity index (χ3n) is 8.06. The maximum absolute atomic E-state index is 14.1. The van der Waals surface area contributed by atoms with Crippen molar-refractivity contribution < 1.29 is 23.1 Å². The summed E-state index contributed by atoms with van der Waals surface area (Å²) in [4.78, 5) is 19.3. The minimum atomic E-state index is -3.97. The molecule has 0 aliphatic carbocycles. The van der Waals surface area contributed by atoms with Crippen molar-refractivity contribution in [3.63, 3.8) is 0 Å². The second-order valence-corrected chi connectivity index (χ2v) is 12.3. The summed E-state index contributed by atoms with van der Waals surface area (Å²) in [6, 6.07) is 17.0. The number of carbonyl (C=O) groups is 1. The lowest BCUT2D eigenvalue weighted by molar-refractivity contribution is 0.0202. The minimum Gasteiger partial charge on any atom is -0.497 e. The van der Waals surface area contributed by atoms with Gasteiger partial charge in [0.1, 0.15) is 11.4 Å². The van der Waals surface area contributed by atoms with E-state index in [9.17, 15) is 18.3 Å². The van der Waals surface area contributed by atoms with Gasteiger partial charge in [0.2, 0.25) is 10.0 Å². The van der Waals surface area contributed by atoms with E-state index < -0.39 is 21.5 Å². The lowest BCUT2D eigenvalue weighted by Gasteiger charge is -2.55. The zero-order valence-electron chi connectivity index (χ0n) is 22.0. The van der Waals surface area contributed by atoms with Crippen molar-refractivity contribution in [2.75, 3.05) is 33.4 Å². The van der Waals surface area contributed by atoms with Gasteiger partial charge in [-0.15, -0.1) is 0 Å². The Morgan fingerprint density at radius 1 is 1.10 bits per heavy atom. The van der Waals surface area contributed by atoms with Gasteiger partial charge in [-0.1, -0.05) is 23.8 Å². The monoisotopic (exact) mass is 546 g/mol. The average Bonchev–Trinajstić information content (AvgIpc) is 3.23. The zero-order valence-corrected chi connectivity index (χ0v) is 22.9. The van der Waals surface area contributed by atoms with Gasteiger partial charge in [0.05, 0.1) is 30.2 Å². The maximum Gasteiger partial charge on any atom is 0.272 e. The highest BCUT2D eigenvalue weighted by Crippen LogP contribution is 2.51. The Kier molecular flexibility index (Phi) is 6.01. The van der Waals surface area contributed by atoms with E-state index >= 15 is 0 Å². The molecule has 1 N–H and O–H groups in total. The van der Waals surface area contributed by atoms with Crippen molar-refractivity contribution in [3.8, 4) is 5.75 Å². The van der Waals surface area contributed by atoms with Crippen LogP contribution in [0.4, 0.5) is 0 Å². The molecule has 2 aliphatic rings. The van der Waals surface area contributed by atoms with Gasteiger partial charge in [0.25, 0.3) is 5.91 Å². The number of fused-ring (bicyclic) bond motifs is 4. The molecule has 4 heterocycles. The minimum absolute atomic E-state index is 0.137. The fraction of sp³-hybridized carbons (Fsp3) is 0.310. The topological polar surface area (TPSA) is 105 Å². The normalized spacial score (nSPS) is 18.7. The van der Waals surface area contributed by atoms with Crippen LogP contribution in [0.5, 0.6) is 5.75 Å². The molecule has 1 saturated heterocycles. The van der Waals surface area contributed by atoms with E-state index in [4.69, 9.17) is 4.74 Å². The van der Waals surface area contributed by atoms with Crippen molar-refractivity contribution in [2.45, 2.75) is 23.3 Å². The number of pyridine rings is 1. The van der Waals surface area contributed by atoms with Crippen LogP contribution in [0.3, 0.4) is 0 Å². The van der Waals surface area contributed by atoms with Gasteiger partial charge in [-0.05, 0) is 48.9 Å². The number of carbonyl (C=O) groups excluding carboxylic acids is 1. The predicted octanol–water partition coefficient (Wildman–Crippen LogP) is 3.02. The van der Waals surface area contributed by atoms with E-state index in [2.05, 4.69) is 4.98 Å². The number of hydrogen-bond donors (Lipinski definition) is 1. The van der Waals surface area contributed by atoms with E-state index in [1.165, 1.54) is 4.31 Å². The highest BCUT2D eigenvalue weighted by molar-refractivity contribution is 7.89. The molecule has 4 aromatic rings. The molecule has 9 nitrogen and oxygen atoms in total. The number of likely N-dealkylation sites (tertiary alicyclic amines) is 1. The summed E-state index contributed by atoms with van der Waals surface area (Å²) in [6.45, 7) is 2.32. The fourth-order valence-corrected chi connectivity index (χ4v) is 7.82.